The van der Waals surface area contributed by atoms with E-state index in [0.29, 0.717) is 0 Å². The third-order valence-electron chi connectivity index (χ3n) is 1.65. The van der Waals surface area contributed by atoms with Crippen LogP contribution in [0.2, 0.25) is 0 Å². The zero-order chi connectivity index (χ0) is 10.7. The summed E-state index contributed by atoms with van der Waals surface area (Å²) in [5, 5.41) is 17.5. The van der Waals surface area contributed by atoms with Crippen molar-refractivity contribution in [2.24, 2.45) is 0 Å². The van der Waals surface area contributed by atoms with Gasteiger partial charge >= 0.3 is 0 Å². The Labute approximate surface area is 92.5 Å². The molecular weight excluding hydrogens is 305 g/mol. The fourth-order valence-corrected chi connectivity index (χ4v) is 1.71. The van der Waals surface area contributed by atoms with Crippen LogP contribution < -0.4 is 0 Å². The van der Waals surface area contributed by atoms with Crippen molar-refractivity contribution >= 4 is 22.6 Å². The van der Waals surface area contributed by atoms with Crippen molar-refractivity contribution in [3.05, 3.63) is 26.6 Å². The highest BCUT2D eigenvalue weighted by Crippen LogP contribution is 2.27. The molecule has 0 saturated heterocycles. The molecule has 0 fully saturated rings. The molecule has 14 heavy (non-hydrogen) atoms. The van der Waals surface area contributed by atoms with Crippen LogP contribution >= 0.6 is 22.6 Å². The second-order valence-corrected chi connectivity index (χ2v) is 3.50. The third-order valence-corrected chi connectivity index (χ3v) is 2.82. The Kier molecular flexibility index (Phi) is 3.71. The lowest BCUT2D eigenvalue weighted by atomic mass is 10.1. The van der Waals surface area contributed by atoms with E-state index in [-0.39, 0.29) is 20.4 Å². The summed E-state index contributed by atoms with van der Waals surface area (Å²) < 4.78 is 25.1. The number of halogens is 3. The van der Waals surface area contributed by atoms with Crippen molar-refractivity contribution in [1.82, 2.24) is 4.98 Å². The molecule has 1 aromatic heterocycles. The van der Waals surface area contributed by atoms with Gasteiger partial charge in [0.1, 0.15) is 6.07 Å². The molecule has 1 rings (SSSR count). The quantitative estimate of drug-likeness (QED) is 0.850. The maximum atomic E-state index is 12.4. The van der Waals surface area contributed by atoms with E-state index in [1.165, 1.54) is 0 Å². The zero-order valence-electron chi connectivity index (χ0n) is 6.84. The number of hydrogen-bond donors (Lipinski definition) is 1. The molecule has 0 saturated carbocycles. The highest BCUT2D eigenvalue weighted by Gasteiger charge is 2.18. The maximum Gasteiger partial charge on any atom is 0.265 e. The largest absolute Gasteiger partial charge is 0.392 e. The van der Waals surface area contributed by atoms with Crippen molar-refractivity contribution in [3.63, 3.8) is 0 Å². The van der Waals surface area contributed by atoms with Gasteiger partial charge in [0.05, 0.1) is 10.2 Å². The van der Waals surface area contributed by atoms with Gasteiger partial charge in [-0.1, -0.05) is 0 Å². The molecule has 0 aromatic carbocycles. The van der Waals surface area contributed by atoms with Crippen LogP contribution in [-0.2, 0) is 6.61 Å². The maximum absolute atomic E-state index is 12.4. The summed E-state index contributed by atoms with van der Waals surface area (Å²) in [5.41, 5.74) is -0.192. The number of alkyl halides is 2. The predicted molar refractivity (Wildman–Crippen MR) is 52.5 cm³/mol. The Bertz CT molecular complexity index is 390. The number of aromatic nitrogens is 1. The number of aliphatic hydroxyl groups excluding tert-OH is 1. The molecule has 0 radical (unpaired) electrons. The van der Waals surface area contributed by atoms with Crippen molar-refractivity contribution in [1.29, 1.82) is 5.26 Å². The van der Waals surface area contributed by atoms with Gasteiger partial charge in [-0.2, -0.15) is 5.26 Å². The van der Waals surface area contributed by atoms with E-state index >= 15 is 0 Å². The molecule has 0 spiro atoms. The lowest BCUT2D eigenvalue weighted by molar-refractivity contribution is 0.146. The first-order chi connectivity index (χ1) is 6.61. The van der Waals surface area contributed by atoms with Crippen LogP contribution in [-0.4, -0.2) is 10.1 Å². The molecule has 0 atom stereocenters. The van der Waals surface area contributed by atoms with E-state index < -0.39 is 13.0 Å². The second-order valence-electron chi connectivity index (χ2n) is 2.43. The first-order valence-electron chi connectivity index (χ1n) is 3.58. The average molecular weight is 310 g/mol. The highest BCUT2D eigenvalue weighted by molar-refractivity contribution is 14.1. The Hall–Kier alpha value is -0.810. The van der Waals surface area contributed by atoms with Crippen LogP contribution in [0.15, 0.2) is 6.20 Å². The summed E-state index contributed by atoms with van der Waals surface area (Å²) in [6, 6.07) is 1.76. The van der Waals surface area contributed by atoms with Crippen LogP contribution in [0.25, 0.3) is 0 Å². The molecule has 0 bridgehead atoms. The molecule has 74 valence electrons. The van der Waals surface area contributed by atoms with Gasteiger partial charge < -0.3 is 5.11 Å². The van der Waals surface area contributed by atoms with Crippen LogP contribution in [0.3, 0.4) is 0 Å². The topological polar surface area (TPSA) is 56.9 Å². The molecule has 1 N–H and O–H groups in total. The smallest absolute Gasteiger partial charge is 0.265 e. The molecule has 0 aliphatic rings. The molecule has 3 nitrogen and oxygen atoms in total. The summed E-state index contributed by atoms with van der Waals surface area (Å²) in [4.78, 5) is 3.57. The second kappa shape index (κ2) is 4.61. The summed E-state index contributed by atoms with van der Waals surface area (Å²) in [6.45, 7) is -0.519. The Balaban J connectivity index is 3.38. The number of rotatable bonds is 2. The van der Waals surface area contributed by atoms with Crippen molar-refractivity contribution < 1.29 is 13.9 Å². The molecule has 1 heterocycles. The number of pyridine rings is 1. The minimum absolute atomic E-state index is 0.0547. The molecule has 1 aromatic rings. The minimum atomic E-state index is -2.69. The minimum Gasteiger partial charge on any atom is -0.392 e. The SMILES string of the molecule is N#Cc1ncc(C(F)F)c(CO)c1I. The van der Waals surface area contributed by atoms with Gasteiger partial charge in [0.25, 0.3) is 6.43 Å². The van der Waals surface area contributed by atoms with E-state index in [0.717, 1.165) is 6.20 Å². The summed E-state index contributed by atoms with van der Waals surface area (Å²) >= 11 is 1.72. The fourth-order valence-electron chi connectivity index (χ4n) is 0.965. The van der Waals surface area contributed by atoms with Gasteiger partial charge in [0.2, 0.25) is 0 Å². The van der Waals surface area contributed by atoms with Gasteiger partial charge in [-0.3, -0.25) is 0 Å². The summed E-state index contributed by atoms with van der Waals surface area (Å²) in [7, 11) is 0. The Morgan fingerprint density at radius 3 is 2.71 bits per heavy atom. The van der Waals surface area contributed by atoms with Crippen LogP contribution in [0.4, 0.5) is 8.78 Å². The molecule has 0 amide bonds. The first kappa shape index (κ1) is 11.3. The standard InChI is InChI=1S/C8H5F2IN2O/c9-8(10)4-2-13-6(1-12)7(11)5(4)3-14/h2,8,14H,3H2. The van der Waals surface area contributed by atoms with E-state index in [2.05, 4.69) is 4.98 Å². The van der Waals surface area contributed by atoms with Gasteiger partial charge in [0, 0.05) is 17.3 Å². The summed E-state index contributed by atoms with van der Waals surface area (Å²) in [6.07, 6.45) is -1.76. The van der Waals surface area contributed by atoms with Gasteiger partial charge in [-0.05, 0) is 22.6 Å². The Morgan fingerprint density at radius 1 is 1.64 bits per heavy atom. The molecule has 6 heteroatoms. The van der Waals surface area contributed by atoms with Crippen molar-refractivity contribution in [2.75, 3.05) is 0 Å². The van der Waals surface area contributed by atoms with E-state index in [1.54, 1.807) is 28.7 Å². The van der Waals surface area contributed by atoms with Crippen LogP contribution in [0, 0.1) is 14.9 Å². The molecule has 0 aliphatic heterocycles. The summed E-state index contributed by atoms with van der Waals surface area (Å²) in [5.74, 6) is 0. The van der Waals surface area contributed by atoms with E-state index in [4.69, 9.17) is 10.4 Å². The van der Waals surface area contributed by atoms with Gasteiger partial charge in [-0.25, -0.2) is 13.8 Å². The molecule has 0 aliphatic carbocycles. The lowest BCUT2D eigenvalue weighted by Gasteiger charge is -2.08. The van der Waals surface area contributed by atoms with Crippen molar-refractivity contribution in [2.45, 2.75) is 13.0 Å². The lowest BCUT2D eigenvalue weighted by Crippen LogP contribution is -2.02. The third kappa shape index (κ3) is 1.99. The number of hydrogen-bond acceptors (Lipinski definition) is 3. The monoisotopic (exact) mass is 310 g/mol. The highest BCUT2D eigenvalue weighted by atomic mass is 127. The Morgan fingerprint density at radius 2 is 2.29 bits per heavy atom. The van der Waals surface area contributed by atoms with Crippen LogP contribution in [0.5, 0.6) is 0 Å². The fraction of sp³-hybridized carbons (Fsp3) is 0.250. The van der Waals surface area contributed by atoms with Gasteiger partial charge in [-0.15, -0.1) is 0 Å². The number of nitrogens with zero attached hydrogens (tertiary/aromatic N) is 2. The number of aliphatic hydroxyl groups is 1. The zero-order valence-corrected chi connectivity index (χ0v) is 8.99. The van der Waals surface area contributed by atoms with Crippen molar-refractivity contribution in [3.8, 4) is 6.07 Å². The molecular formula is C8H5F2IN2O. The number of nitriles is 1. The van der Waals surface area contributed by atoms with Gasteiger partial charge in [0.15, 0.2) is 5.69 Å². The average Bonchev–Trinajstić information content (AvgIpc) is 2.17. The predicted octanol–water partition coefficient (Wildman–Crippen LogP) is 1.99. The van der Waals surface area contributed by atoms with Crippen LogP contribution in [0.1, 0.15) is 23.2 Å². The first-order valence-corrected chi connectivity index (χ1v) is 4.66. The normalized spacial score (nSPS) is 10.3. The molecule has 0 unspecified atom stereocenters. The van der Waals surface area contributed by atoms with E-state index in [1.807, 2.05) is 0 Å². The van der Waals surface area contributed by atoms with E-state index in [9.17, 15) is 8.78 Å².